The second-order valence-electron chi connectivity index (χ2n) is 3.92. The van der Waals surface area contributed by atoms with E-state index in [-0.39, 0.29) is 13.2 Å². The van der Waals surface area contributed by atoms with Crippen LogP contribution >= 0.6 is 0 Å². The van der Waals surface area contributed by atoms with Gasteiger partial charge in [0.1, 0.15) is 5.75 Å². The molecule has 16 heavy (non-hydrogen) atoms. The Balaban J connectivity index is 2.97. The number of nitrogens with two attached hydrogens (primary N) is 1. The van der Waals surface area contributed by atoms with Gasteiger partial charge in [-0.25, -0.2) is 0 Å². The van der Waals surface area contributed by atoms with Crippen LogP contribution in [0.5, 0.6) is 5.75 Å². The summed E-state index contributed by atoms with van der Waals surface area (Å²) in [6.45, 7) is 1.31. The summed E-state index contributed by atoms with van der Waals surface area (Å²) in [5.41, 5.74) is 6.14. The minimum Gasteiger partial charge on any atom is -0.495 e. The Hall–Kier alpha value is -1.46. The molecule has 1 aromatic rings. The highest BCUT2D eigenvalue weighted by Gasteiger charge is 2.23. The lowest BCUT2D eigenvalue weighted by Gasteiger charge is -2.28. The summed E-state index contributed by atoms with van der Waals surface area (Å²) in [5, 5.41) is 21.3. The predicted octanol–water partition coefficient (Wildman–Crippen LogP) is 0.433. The maximum atomic E-state index is 9.17. The van der Waals surface area contributed by atoms with E-state index >= 15 is 0 Å². The number of nitrogen functional groups attached to an aromatic ring is 1. The summed E-state index contributed by atoms with van der Waals surface area (Å²) in [6.07, 6.45) is 0. The van der Waals surface area contributed by atoms with Gasteiger partial charge >= 0.3 is 0 Å². The Kier molecular flexibility index (Phi) is 3.98. The molecule has 0 aliphatic carbocycles. The van der Waals surface area contributed by atoms with Crippen LogP contribution in [0.4, 0.5) is 11.4 Å². The van der Waals surface area contributed by atoms with Crippen LogP contribution in [0, 0.1) is 0 Å². The zero-order valence-corrected chi connectivity index (χ0v) is 9.53. The quantitative estimate of drug-likeness (QED) is 0.547. The molecule has 0 unspecified atom stereocenters. The van der Waals surface area contributed by atoms with E-state index < -0.39 is 5.54 Å². The molecule has 0 heterocycles. The van der Waals surface area contributed by atoms with Gasteiger partial charge in [0, 0.05) is 0 Å². The fourth-order valence-corrected chi connectivity index (χ4v) is 1.29. The summed E-state index contributed by atoms with van der Waals surface area (Å²) in [7, 11) is 1.53. The van der Waals surface area contributed by atoms with Gasteiger partial charge in [-0.05, 0) is 19.1 Å². The number of methoxy groups -OCH3 is 1. The summed E-state index contributed by atoms with van der Waals surface area (Å²) in [6, 6.07) is 5.30. The van der Waals surface area contributed by atoms with Gasteiger partial charge in [0.2, 0.25) is 0 Å². The van der Waals surface area contributed by atoms with Crippen LogP contribution in [-0.2, 0) is 0 Å². The molecule has 5 nitrogen and oxygen atoms in total. The molecule has 0 spiro atoms. The van der Waals surface area contributed by atoms with Gasteiger partial charge in [-0.1, -0.05) is 6.07 Å². The minimum atomic E-state index is -0.805. The van der Waals surface area contributed by atoms with E-state index in [1.165, 1.54) is 7.11 Å². The fraction of sp³-hybridized carbons (Fsp3) is 0.455. The van der Waals surface area contributed by atoms with Crippen LogP contribution in [0.2, 0.25) is 0 Å². The van der Waals surface area contributed by atoms with E-state index in [0.29, 0.717) is 17.1 Å². The van der Waals surface area contributed by atoms with Gasteiger partial charge in [-0.2, -0.15) is 0 Å². The number of benzene rings is 1. The standard InChI is InChI=1S/C11H18N2O3/c1-11(6-14,7-15)13-8-4-3-5-9(16-2)10(8)12/h3-5,13-15H,6-7,12H2,1-2H3. The Labute approximate surface area is 94.8 Å². The highest BCUT2D eigenvalue weighted by molar-refractivity contribution is 5.73. The van der Waals surface area contributed by atoms with Crippen LogP contribution in [0.3, 0.4) is 0 Å². The molecule has 0 saturated carbocycles. The number of hydrogen-bond donors (Lipinski definition) is 4. The third-order valence-corrected chi connectivity index (χ3v) is 2.42. The third kappa shape index (κ3) is 2.56. The minimum absolute atomic E-state index is 0.194. The first kappa shape index (κ1) is 12.6. The first-order valence-corrected chi connectivity index (χ1v) is 4.98. The predicted molar refractivity (Wildman–Crippen MR) is 63.6 cm³/mol. The van der Waals surface area contributed by atoms with Crippen LogP contribution < -0.4 is 15.8 Å². The molecule has 5 N–H and O–H groups in total. The number of nitrogens with one attached hydrogen (secondary N) is 1. The van der Waals surface area contributed by atoms with Crippen molar-refractivity contribution in [2.24, 2.45) is 0 Å². The molecule has 0 aliphatic heterocycles. The molecular weight excluding hydrogens is 208 g/mol. The van der Waals surface area contributed by atoms with E-state index in [1.54, 1.807) is 25.1 Å². The van der Waals surface area contributed by atoms with Gasteiger partial charge in [-0.3, -0.25) is 0 Å². The molecule has 0 atom stereocenters. The van der Waals surface area contributed by atoms with Crippen molar-refractivity contribution in [2.75, 3.05) is 31.4 Å². The van der Waals surface area contributed by atoms with Gasteiger partial charge in [0.15, 0.2) is 0 Å². The summed E-state index contributed by atoms with van der Waals surface area (Å²) in [5.74, 6) is 0.559. The average Bonchev–Trinajstić information content (AvgIpc) is 2.32. The average molecular weight is 226 g/mol. The van der Waals surface area contributed by atoms with E-state index in [1.807, 2.05) is 0 Å². The molecule has 0 saturated heterocycles. The van der Waals surface area contributed by atoms with Crippen molar-refractivity contribution in [3.8, 4) is 5.75 Å². The summed E-state index contributed by atoms with van der Waals surface area (Å²) < 4.78 is 5.08. The van der Waals surface area contributed by atoms with Gasteiger partial charge in [0.05, 0.1) is 37.2 Å². The number of aliphatic hydroxyl groups excluding tert-OH is 2. The van der Waals surface area contributed by atoms with E-state index in [0.717, 1.165) is 0 Å². The normalized spacial score (nSPS) is 11.2. The fourth-order valence-electron chi connectivity index (χ4n) is 1.29. The molecule has 5 heteroatoms. The molecule has 0 fully saturated rings. The van der Waals surface area contributed by atoms with Crippen molar-refractivity contribution in [3.05, 3.63) is 18.2 Å². The Morgan fingerprint density at radius 2 is 2.00 bits per heavy atom. The van der Waals surface area contributed by atoms with Crippen LogP contribution in [0.1, 0.15) is 6.92 Å². The molecule has 1 rings (SSSR count). The third-order valence-electron chi connectivity index (χ3n) is 2.42. The smallest absolute Gasteiger partial charge is 0.143 e. The Morgan fingerprint density at radius 1 is 1.38 bits per heavy atom. The zero-order valence-electron chi connectivity index (χ0n) is 9.53. The zero-order chi connectivity index (χ0) is 12.2. The molecular formula is C11H18N2O3. The van der Waals surface area contributed by atoms with Gasteiger partial charge < -0.3 is 26.0 Å². The lowest BCUT2D eigenvalue weighted by atomic mass is 10.0. The first-order chi connectivity index (χ1) is 7.56. The maximum absolute atomic E-state index is 9.17. The van der Waals surface area contributed by atoms with Crippen molar-refractivity contribution < 1.29 is 14.9 Å². The largest absolute Gasteiger partial charge is 0.495 e. The second-order valence-corrected chi connectivity index (χ2v) is 3.92. The van der Waals surface area contributed by atoms with Crippen molar-refractivity contribution >= 4 is 11.4 Å². The van der Waals surface area contributed by atoms with Crippen LogP contribution in [0.25, 0.3) is 0 Å². The summed E-state index contributed by atoms with van der Waals surface area (Å²) >= 11 is 0. The van der Waals surface area contributed by atoms with E-state index in [4.69, 9.17) is 20.7 Å². The molecule has 0 bridgehead atoms. The highest BCUT2D eigenvalue weighted by Crippen LogP contribution is 2.30. The van der Waals surface area contributed by atoms with Crippen molar-refractivity contribution in [2.45, 2.75) is 12.5 Å². The molecule has 0 amide bonds. The Bertz CT molecular complexity index is 351. The lowest BCUT2D eigenvalue weighted by molar-refractivity contribution is 0.147. The van der Waals surface area contributed by atoms with E-state index in [9.17, 15) is 0 Å². The number of ether oxygens (including phenoxy) is 1. The number of para-hydroxylation sites is 1. The number of hydrogen-bond acceptors (Lipinski definition) is 5. The SMILES string of the molecule is COc1cccc(NC(C)(CO)CO)c1N. The van der Waals surface area contributed by atoms with Crippen molar-refractivity contribution in [3.63, 3.8) is 0 Å². The molecule has 0 aliphatic rings. The molecule has 90 valence electrons. The number of anilines is 2. The highest BCUT2D eigenvalue weighted by atomic mass is 16.5. The molecule has 0 radical (unpaired) electrons. The monoisotopic (exact) mass is 226 g/mol. The van der Waals surface area contributed by atoms with Gasteiger partial charge in [0.25, 0.3) is 0 Å². The maximum Gasteiger partial charge on any atom is 0.143 e. The molecule has 1 aromatic carbocycles. The first-order valence-electron chi connectivity index (χ1n) is 4.98. The van der Waals surface area contributed by atoms with Crippen molar-refractivity contribution in [1.82, 2.24) is 0 Å². The van der Waals surface area contributed by atoms with E-state index in [2.05, 4.69) is 5.32 Å². The topological polar surface area (TPSA) is 87.7 Å². The number of aliphatic hydroxyl groups is 2. The number of rotatable bonds is 5. The lowest BCUT2D eigenvalue weighted by Crippen LogP contribution is -2.42. The van der Waals surface area contributed by atoms with Crippen molar-refractivity contribution in [1.29, 1.82) is 0 Å². The van der Waals surface area contributed by atoms with Gasteiger partial charge in [-0.15, -0.1) is 0 Å². The van der Waals surface area contributed by atoms with Crippen LogP contribution in [-0.4, -0.2) is 36.1 Å². The second kappa shape index (κ2) is 5.05. The van der Waals surface area contributed by atoms with Crippen LogP contribution in [0.15, 0.2) is 18.2 Å². The molecule has 0 aromatic heterocycles. The summed E-state index contributed by atoms with van der Waals surface area (Å²) in [4.78, 5) is 0. The Morgan fingerprint density at radius 3 is 2.50 bits per heavy atom.